The highest BCUT2D eigenvalue weighted by molar-refractivity contribution is 14.1. The summed E-state index contributed by atoms with van der Waals surface area (Å²) < 4.78 is 3.22. The van der Waals surface area contributed by atoms with Crippen LogP contribution >= 0.6 is 22.9 Å². The van der Waals surface area contributed by atoms with E-state index in [9.17, 15) is 4.79 Å². The van der Waals surface area contributed by atoms with Crippen LogP contribution in [-0.4, -0.2) is 36.7 Å². The van der Waals surface area contributed by atoms with Crippen molar-refractivity contribution in [2.75, 3.05) is 13.1 Å². The van der Waals surface area contributed by atoms with Crippen molar-refractivity contribution in [1.82, 2.24) is 4.90 Å². The van der Waals surface area contributed by atoms with Gasteiger partial charge in [0.15, 0.2) is 0 Å². The van der Waals surface area contributed by atoms with Crippen molar-refractivity contribution >= 4 is 35.5 Å². The second-order valence-electron chi connectivity index (χ2n) is 4.06. The Hall–Kier alpha value is -0.170. The summed E-state index contributed by atoms with van der Waals surface area (Å²) in [6, 6.07) is -0.289. The van der Waals surface area contributed by atoms with Crippen molar-refractivity contribution in [3.05, 3.63) is 0 Å². The summed E-state index contributed by atoms with van der Waals surface area (Å²) in [7, 11) is 0. The molecule has 94 valence electrons. The van der Waals surface area contributed by atoms with E-state index < -0.39 is 0 Å². The summed E-state index contributed by atoms with van der Waals surface area (Å²) >= 11 is 1.80. The van der Waals surface area contributed by atoms with E-state index in [1.54, 1.807) is 22.9 Å². The quantitative estimate of drug-likeness (QED) is 0.632. The van der Waals surface area contributed by atoms with Crippen LogP contribution in [0, 0.1) is 5.92 Å². The number of halogens is 1. The zero-order chi connectivity index (χ0) is 12.6. The maximum absolute atomic E-state index is 11.7. The number of amides is 1. The zero-order valence-corrected chi connectivity index (χ0v) is 12.3. The topological polar surface area (TPSA) is 58.7 Å². The molecule has 1 saturated heterocycles. The van der Waals surface area contributed by atoms with Crippen molar-refractivity contribution in [2.24, 2.45) is 14.9 Å². The van der Waals surface area contributed by atoms with Crippen LogP contribution < -0.4 is 5.73 Å². The van der Waals surface area contributed by atoms with Gasteiger partial charge in [-0.25, -0.2) is 3.21 Å². The van der Waals surface area contributed by atoms with E-state index in [1.165, 1.54) is 0 Å². The summed E-state index contributed by atoms with van der Waals surface area (Å²) in [5.74, 6) is 0.444. The molecule has 0 spiro atoms. The average molecular weight is 339 g/mol. The third kappa shape index (κ3) is 5.25. The van der Waals surface area contributed by atoms with E-state index >= 15 is 0 Å². The molecule has 2 atom stereocenters. The van der Waals surface area contributed by atoms with Gasteiger partial charge < -0.3 is 10.6 Å². The lowest BCUT2D eigenvalue weighted by Gasteiger charge is -2.23. The SMILES string of the molecule is C=NI.CC[C@H](C)C(N)C(=O)N1CCCC1. The van der Waals surface area contributed by atoms with Crippen LogP contribution in [0.1, 0.15) is 33.1 Å². The van der Waals surface area contributed by atoms with Crippen molar-refractivity contribution in [2.45, 2.75) is 39.2 Å². The van der Waals surface area contributed by atoms with Crippen LogP contribution in [-0.2, 0) is 4.79 Å². The summed E-state index contributed by atoms with van der Waals surface area (Å²) in [5, 5.41) is 0. The molecule has 1 aliphatic heterocycles. The fourth-order valence-corrected chi connectivity index (χ4v) is 1.65. The van der Waals surface area contributed by atoms with Crippen molar-refractivity contribution < 1.29 is 4.79 Å². The Morgan fingerprint density at radius 2 is 2.00 bits per heavy atom. The first kappa shape index (κ1) is 15.8. The number of hydrogen-bond donors (Lipinski definition) is 1. The first-order chi connectivity index (χ1) is 7.58. The van der Waals surface area contributed by atoms with Crippen molar-refractivity contribution in [3.63, 3.8) is 0 Å². The third-order valence-electron chi connectivity index (χ3n) is 2.96. The molecule has 0 bridgehead atoms. The van der Waals surface area contributed by atoms with Gasteiger partial charge in [0.1, 0.15) is 0 Å². The van der Waals surface area contributed by atoms with Crippen LogP contribution in [0.5, 0.6) is 0 Å². The molecule has 1 heterocycles. The Bertz CT molecular complexity index is 217. The molecule has 0 aromatic heterocycles. The molecule has 0 aliphatic carbocycles. The lowest BCUT2D eigenvalue weighted by Crippen LogP contribution is -2.45. The minimum absolute atomic E-state index is 0.145. The molecule has 0 aromatic rings. The smallest absolute Gasteiger partial charge is 0.239 e. The second kappa shape index (κ2) is 8.92. The summed E-state index contributed by atoms with van der Waals surface area (Å²) in [5.41, 5.74) is 5.86. The number of carbonyl (C=O) groups excluding carboxylic acids is 1. The number of likely N-dealkylation sites (tertiary alicyclic amines) is 1. The molecule has 16 heavy (non-hydrogen) atoms. The van der Waals surface area contributed by atoms with Gasteiger partial charge >= 0.3 is 0 Å². The van der Waals surface area contributed by atoms with Crippen LogP contribution in [0.2, 0.25) is 0 Å². The molecule has 0 aromatic carbocycles. The highest BCUT2D eigenvalue weighted by atomic mass is 127. The van der Waals surface area contributed by atoms with Gasteiger partial charge in [0, 0.05) is 13.1 Å². The number of rotatable bonds is 3. The Balaban J connectivity index is 0.000000673. The van der Waals surface area contributed by atoms with Gasteiger partial charge in [0.05, 0.1) is 28.9 Å². The van der Waals surface area contributed by atoms with Gasteiger partial charge in [0.2, 0.25) is 5.91 Å². The van der Waals surface area contributed by atoms with Crippen molar-refractivity contribution in [3.8, 4) is 0 Å². The first-order valence-corrected chi connectivity index (χ1v) is 6.66. The Labute approximate surface area is 112 Å². The normalized spacial score (nSPS) is 18.4. The monoisotopic (exact) mass is 339 g/mol. The lowest BCUT2D eigenvalue weighted by molar-refractivity contribution is -0.132. The van der Waals surface area contributed by atoms with Crippen LogP contribution in [0.4, 0.5) is 0 Å². The van der Waals surface area contributed by atoms with Gasteiger partial charge in [-0.3, -0.25) is 4.79 Å². The molecule has 0 radical (unpaired) electrons. The highest BCUT2D eigenvalue weighted by Gasteiger charge is 2.26. The van der Waals surface area contributed by atoms with E-state index in [0.717, 1.165) is 32.4 Å². The standard InChI is InChI=1S/C10H20N2O.CH2IN/c1-3-8(2)9(11)10(13)12-6-4-5-7-12;1-3-2/h8-9H,3-7,11H2,1-2H3;1H2/t8-,9?;/m0./s1. The van der Waals surface area contributed by atoms with Gasteiger partial charge in [0.25, 0.3) is 0 Å². The van der Waals surface area contributed by atoms with Crippen LogP contribution in [0.25, 0.3) is 0 Å². The predicted molar refractivity (Wildman–Crippen MR) is 76.8 cm³/mol. The summed E-state index contributed by atoms with van der Waals surface area (Å²) in [4.78, 5) is 13.6. The Morgan fingerprint density at radius 1 is 1.56 bits per heavy atom. The molecule has 0 saturated carbocycles. The zero-order valence-electron chi connectivity index (χ0n) is 10.2. The highest BCUT2D eigenvalue weighted by Crippen LogP contribution is 2.13. The predicted octanol–water partition coefficient (Wildman–Crippen LogP) is 2.02. The number of hydrogen-bond acceptors (Lipinski definition) is 3. The van der Waals surface area contributed by atoms with Crippen molar-refractivity contribution in [1.29, 1.82) is 0 Å². The lowest BCUT2D eigenvalue weighted by atomic mass is 9.99. The molecular formula is C11H22IN3O. The summed E-state index contributed by atoms with van der Waals surface area (Å²) in [6.45, 7) is 9.02. The third-order valence-corrected chi connectivity index (χ3v) is 2.96. The van der Waals surface area contributed by atoms with Gasteiger partial charge in [-0.1, -0.05) is 20.3 Å². The fourth-order valence-electron chi connectivity index (χ4n) is 1.65. The largest absolute Gasteiger partial charge is 0.341 e. The summed E-state index contributed by atoms with van der Waals surface area (Å²) in [6.07, 6.45) is 3.25. The molecule has 2 N–H and O–H groups in total. The number of carbonyl (C=O) groups is 1. The molecule has 1 amide bonds. The maximum Gasteiger partial charge on any atom is 0.239 e. The van der Waals surface area contributed by atoms with Gasteiger partial charge in [-0.15, -0.1) is 0 Å². The average Bonchev–Trinajstić information content (AvgIpc) is 2.80. The first-order valence-electron chi connectivity index (χ1n) is 5.69. The molecule has 4 nitrogen and oxygen atoms in total. The minimum Gasteiger partial charge on any atom is -0.341 e. The molecule has 5 heteroatoms. The van der Waals surface area contributed by atoms with E-state index in [-0.39, 0.29) is 11.9 Å². The van der Waals surface area contributed by atoms with Gasteiger partial charge in [-0.05, 0) is 25.5 Å². The Kier molecular flexibility index (Phi) is 8.83. The number of nitrogens with two attached hydrogens (primary N) is 1. The van der Waals surface area contributed by atoms with E-state index in [4.69, 9.17) is 5.73 Å². The fraction of sp³-hybridized carbons (Fsp3) is 0.818. The Morgan fingerprint density at radius 3 is 2.38 bits per heavy atom. The second-order valence-corrected chi connectivity index (χ2v) is 4.75. The molecule has 1 rings (SSSR count). The molecule has 1 unspecified atom stereocenters. The van der Waals surface area contributed by atoms with E-state index in [1.807, 2.05) is 11.8 Å². The number of nitrogens with zero attached hydrogens (tertiary/aromatic N) is 2. The minimum atomic E-state index is -0.289. The molecule has 1 aliphatic rings. The maximum atomic E-state index is 11.7. The van der Waals surface area contributed by atoms with Crippen LogP contribution in [0.3, 0.4) is 0 Å². The molecular weight excluding hydrogens is 317 g/mol. The van der Waals surface area contributed by atoms with Gasteiger partial charge in [-0.2, -0.15) is 0 Å². The van der Waals surface area contributed by atoms with Crippen LogP contribution in [0.15, 0.2) is 3.21 Å². The van der Waals surface area contributed by atoms with E-state index in [2.05, 4.69) is 16.8 Å². The van der Waals surface area contributed by atoms with E-state index in [0.29, 0.717) is 5.92 Å². The molecule has 1 fully saturated rings.